The lowest BCUT2D eigenvalue weighted by atomic mass is 10.2. The van der Waals surface area contributed by atoms with Crippen molar-refractivity contribution in [3.05, 3.63) is 29.1 Å². The van der Waals surface area contributed by atoms with Gasteiger partial charge in [0.1, 0.15) is 6.54 Å². The van der Waals surface area contributed by atoms with Gasteiger partial charge in [0.2, 0.25) is 0 Å². The second kappa shape index (κ2) is 5.55. The summed E-state index contributed by atoms with van der Waals surface area (Å²) in [5.41, 5.74) is 6.21. The zero-order valence-corrected chi connectivity index (χ0v) is 12.4. The number of hydrogen-bond acceptors (Lipinski definition) is 3. The predicted molar refractivity (Wildman–Crippen MR) is 78.5 cm³/mol. The molecule has 0 saturated carbocycles. The molecule has 0 aliphatic rings. The number of halogens is 3. The Balaban J connectivity index is 2.34. The van der Waals surface area contributed by atoms with Gasteiger partial charge in [-0.15, -0.1) is 11.3 Å². The summed E-state index contributed by atoms with van der Waals surface area (Å²) in [6.07, 6.45) is -4.42. The molecule has 21 heavy (non-hydrogen) atoms. The molecule has 0 fully saturated rings. The number of thiophene rings is 1. The monoisotopic (exact) mass is 316 g/mol. The number of carbonyl (C=O) groups excluding carboxylic acids is 1. The number of alkyl halides is 3. The van der Waals surface area contributed by atoms with Gasteiger partial charge in [-0.25, -0.2) is 0 Å². The largest absolute Gasteiger partial charge is 0.406 e. The minimum Gasteiger partial charge on any atom is -0.399 e. The summed E-state index contributed by atoms with van der Waals surface area (Å²) in [5.74, 6) is -0.609. The highest BCUT2D eigenvalue weighted by Gasteiger charge is 2.35. The number of amides is 1. The van der Waals surface area contributed by atoms with E-state index < -0.39 is 24.7 Å². The summed E-state index contributed by atoms with van der Waals surface area (Å²) >= 11 is 1.17. The third-order valence-electron chi connectivity index (χ3n) is 2.98. The molecule has 114 valence electrons. The Kier molecular flexibility index (Phi) is 4.13. The molecule has 1 aromatic carbocycles. The lowest BCUT2D eigenvalue weighted by Crippen LogP contribution is -2.43. The van der Waals surface area contributed by atoms with Crippen LogP contribution < -0.4 is 5.73 Å². The Morgan fingerprint density at radius 3 is 2.57 bits per heavy atom. The SMILES string of the molecule is CC(C)N(CC(F)(F)F)C(=O)c1cc2cc(N)ccc2s1. The Morgan fingerprint density at radius 1 is 1.33 bits per heavy atom. The number of nitrogens with zero attached hydrogens (tertiary/aromatic N) is 1. The molecule has 1 aromatic heterocycles. The summed E-state index contributed by atoms with van der Waals surface area (Å²) in [6.45, 7) is 1.88. The fourth-order valence-electron chi connectivity index (χ4n) is 1.99. The van der Waals surface area contributed by atoms with E-state index in [0.29, 0.717) is 5.69 Å². The zero-order valence-electron chi connectivity index (χ0n) is 11.6. The molecule has 0 unspecified atom stereocenters. The predicted octanol–water partition coefficient (Wildman–Crippen LogP) is 3.90. The molecule has 0 spiro atoms. The average Bonchev–Trinajstić information content (AvgIpc) is 2.76. The molecular formula is C14H15F3N2OS. The van der Waals surface area contributed by atoms with Crippen molar-refractivity contribution >= 4 is 33.0 Å². The summed E-state index contributed by atoms with van der Waals surface area (Å²) in [6, 6.07) is 6.21. The van der Waals surface area contributed by atoms with Crippen molar-refractivity contribution in [3.63, 3.8) is 0 Å². The Morgan fingerprint density at radius 2 is 2.00 bits per heavy atom. The molecule has 2 aromatic rings. The Bertz CT molecular complexity index is 664. The van der Waals surface area contributed by atoms with Crippen LogP contribution in [0, 0.1) is 0 Å². The standard InChI is InChI=1S/C14H15F3N2OS/c1-8(2)19(7-14(15,16)17)13(20)12-6-9-5-10(18)3-4-11(9)21-12/h3-6,8H,7,18H2,1-2H3. The average molecular weight is 316 g/mol. The highest BCUT2D eigenvalue weighted by Crippen LogP contribution is 2.29. The van der Waals surface area contributed by atoms with Crippen LogP contribution >= 0.6 is 11.3 Å². The lowest BCUT2D eigenvalue weighted by molar-refractivity contribution is -0.143. The van der Waals surface area contributed by atoms with Crippen molar-refractivity contribution in [2.24, 2.45) is 0 Å². The van der Waals surface area contributed by atoms with E-state index >= 15 is 0 Å². The smallest absolute Gasteiger partial charge is 0.399 e. The molecular weight excluding hydrogens is 301 g/mol. The van der Waals surface area contributed by atoms with Crippen LogP contribution in [0.2, 0.25) is 0 Å². The molecule has 1 heterocycles. The van der Waals surface area contributed by atoms with Gasteiger partial charge >= 0.3 is 6.18 Å². The zero-order chi connectivity index (χ0) is 15.8. The molecule has 3 nitrogen and oxygen atoms in total. The van der Waals surface area contributed by atoms with E-state index in [1.54, 1.807) is 38.1 Å². The summed E-state index contributed by atoms with van der Waals surface area (Å²) < 4.78 is 38.6. The number of carbonyl (C=O) groups is 1. The maximum atomic E-state index is 12.6. The van der Waals surface area contributed by atoms with E-state index in [1.807, 2.05) is 0 Å². The van der Waals surface area contributed by atoms with Crippen LogP contribution in [0.15, 0.2) is 24.3 Å². The van der Waals surface area contributed by atoms with Gasteiger partial charge in [-0.2, -0.15) is 13.2 Å². The topological polar surface area (TPSA) is 46.3 Å². The van der Waals surface area contributed by atoms with E-state index in [9.17, 15) is 18.0 Å². The molecule has 2 rings (SSSR count). The lowest BCUT2D eigenvalue weighted by Gasteiger charge is -2.27. The molecule has 2 N–H and O–H groups in total. The number of benzene rings is 1. The van der Waals surface area contributed by atoms with Gasteiger partial charge in [0.05, 0.1) is 4.88 Å². The molecule has 1 amide bonds. The molecule has 0 aliphatic heterocycles. The summed E-state index contributed by atoms with van der Waals surface area (Å²) in [5, 5.41) is 0.763. The fraction of sp³-hybridized carbons (Fsp3) is 0.357. The Labute approximate surface area is 124 Å². The minimum absolute atomic E-state index is 0.286. The van der Waals surface area contributed by atoms with Crippen LogP contribution in [0.1, 0.15) is 23.5 Å². The van der Waals surface area contributed by atoms with Gasteiger partial charge in [0.15, 0.2) is 0 Å². The first-order valence-corrected chi connectivity index (χ1v) is 7.16. The van der Waals surface area contributed by atoms with Crippen LogP contribution in [0.25, 0.3) is 10.1 Å². The van der Waals surface area contributed by atoms with E-state index in [-0.39, 0.29) is 4.88 Å². The van der Waals surface area contributed by atoms with Crippen LogP contribution in [-0.4, -0.2) is 29.6 Å². The van der Waals surface area contributed by atoms with Crippen molar-refractivity contribution in [2.75, 3.05) is 12.3 Å². The third kappa shape index (κ3) is 3.66. The molecule has 0 atom stereocenters. The second-order valence-corrected chi connectivity index (χ2v) is 6.13. The van der Waals surface area contributed by atoms with Gasteiger partial charge in [-0.05, 0) is 43.5 Å². The van der Waals surface area contributed by atoms with Gasteiger partial charge in [0.25, 0.3) is 5.91 Å². The van der Waals surface area contributed by atoms with Crippen LogP contribution in [-0.2, 0) is 0 Å². The molecule has 0 saturated heterocycles. The third-order valence-corrected chi connectivity index (χ3v) is 4.09. The highest BCUT2D eigenvalue weighted by molar-refractivity contribution is 7.20. The van der Waals surface area contributed by atoms with E-state index in [2.05, 4.69) is 0 Å². The number of fused-ring (bicyclic) bond motifs is 1. The Hall–Kier alpha value is -1.76. The van der Waals surface area contributed by atoms with Crippen LogP contribution in [0.3, 0.4) is 0 Å². The van der Waals surface area contributed by atoms with Gasteiger partial charge in [0, 0.05) is 16.4 Å². The first-order valence-electron chi connectivity index (χ1n) is 6.34. The summed E-state index contributed by atoms with van der Waals surface area (Å²) in [7, 11) is 0. The highest BCUT2D eigenvalue weighted by atomic mass is 32.1. The number of nitrogens with two attached hydrogens (primary N) is 1. The number of nitrogen functional groups attached to an aromatic ring is 1. The maximum absolute atomic E-state index is 12.6. The first-order chi connectivity index (χ1) is 9.67. The van der Waals surface area contributed by atoms with Crippen molar-refractivity contribution in [1.29, 1.82) is 0 Å². The second-order valence-electron chi connectivity index (χ2n) is 5.05. The van der Waals surface area contributed by atoms with Crippen LogP contribution in [0.4, 0.5) is 18.9 Å². The van der Waals surface area contributed by atoms with E-state index in [4.69, 9.17) is 5.73 Å². The van der Waals surface area contributed by atoms with E-state index in [1.165, 1.54) is 11.3 Å². The summed E-state index contributed by atoms with van der Waals surface area (Å²) in [4.78, 5) is 13.4. The molecule has 0 bridgehead atoms. The van der Waals surface area contributed by atoms with Crippen LogP contribution in [0.5, 0.6) is 0 Å². The number of hydrogen-bond donors (Lipinski definition) is 1. The van der Waals surface area contributed by atoms with Gasteiger partial charge < -0.3 is 10.6 Å². The maximum Gasteiger partial charge on any atom is 0.406 e. The number of anilines is 1. The molecule has 7 heteroatoms. The van der Waals surface area contributed by atoms with Crippen molar-refractivity contribution < 1.29 is 18.0 Å². The fourth-order valence-corrected chi connectivity index (χ4v) is 2.99. The van der Waals surface area contributed by atoms with Crippen molar-refractivity contribution in [2.45, 2.75) is 26.1 Å². The van der Waals surface area contributed by atoms with Gasteiger partial charge in [-0.3, -0.25) is 4.79 Å². The van der Waals surface area contributed by atoms with Gasteiger partial charge in [-0.1, -0.05) is 0 Å². The normalized spacial score (nSPS) is 12.1. The van der Waals surface area contributed by atoms with Crippen molar-refractivity contribution in [1.82, 2.24) is 4.90 Å². The van der Waals surface area contributed by atoms with E-state index in [0.717, 1.165) is 15.0 Å². The van der Waals surface area contributed by atoms with Crippen molar-refractivity contribution in [3.8, 4) is 0 Å². The minimum atomic E-state index is -4.42. The molecule has 0 radical (unpaired) electrons. The first kappa shape index (κ1) is 15.6. The molecule has 0 aliphatic carbocycles. The quantitative estimate of drug-likeness (QED) is 0.873. The number of rotatable bonds is 3.